The second-order valence-electron chi connectivity index (χ2n) is 4.55. The van der Waals surface area contributed by atoms with Crippen LogP contribution in [0.1, 0.15) is 17.3 Å². The molecule has 0 saturated carbocycles. The summed E-state index contributed by atoms with van der Waals surface area (Å²) in [5, 5.41) is 10.1. The first kappa shape index (κ1) is 17.7. The summed E-state index contributed by atoms with van der Waals surface area (Å²) in [6.45, 7) is 2.59. The van der Waals surface area contributed by atoms with Crippen LogP contribution in [0.25, 0.3) is 5.69 Å². The zero-order chi connectivity index (χ0) is 14.5. The first-order valence-electron chi connectivity index (χ1n) is 6.36. The van der Waals surface area contributed by atoms with Gasteiger partial charge < -0.3 is 10.6 Å². The van der Waals surface area contributed by atoms with Gasteiger partial charge in [-0.05, 0) is 38.2 Å². The van der Waals surface area contributed by atoms with E-state index in [0.717, 1.165) is 10.2 Å². The first-order valence-corrected chi connectivity index (χ1v) is 7.15. The number of benzene rings is 1. The molecule has 1 atom stereocenters. The highest BCUT2D eigenvalue weighted by Gasteiger charge is 2.10. The average molecular weight is 374 g/mol. The number of halogens is 2. The van der Waals surface area contributed by atoms with E-state index in [2.05, 4.69) is 31.7 Å². The maximum atomic E-state index is 12.0. The maximum Gasteiger partial charge on any atom is 0.254 e. The standard InChI is InChI=1S/C14H17BrN4O.ClH/c1-10(16-2)7-17-14(20)11-8-18-19(9-11)13-5-3-12(15)4-6-13;/h3-6,8-10,16H,7H2,1-2H3,(H,17,20);1H. The lowest BCUT2D eigenvalue weighted by Crippen LogP contribution is -2.37. The molecule has 0 aliphatic rings. The van der Waals surface area contributed by atoms with Gasteiger partial charge in [0.1, 0.15) is 0 Å². The van der Waals surface area contributed by atoms with Crippen molar-refractivity contribution in [3.05, 3.63) is 46.7 Å². The summed E-state index contributed by atoms with van der Waals surface area (Å²) in [4.78, 5) is 12.0. The van der Waals surface area contributed by atoms with Crippen LogP contribution in [0.2, 0.25) is 0 Å². The molecule has 0 aliphatic heterocycles. The molecule has 114 valence electrons. The van der Waals surface area contributed by atoms with Gasteiger partial charge in [0.2, 0.25) is 0 Å². The van der Waals surface area contributed by atoms with Crippen LogP contribution < -0.4 is 10.6 Å². The van der Waals surface area contributed by atoms with Crippen LogP contribution in [-0.4, -0.2) is 35.3 Å². The molecule has 0 radical (unpaired) electrons. The molecule has 0 aliphatic carbocycles. The van der Waals surface area contributed by atoms with Crippen LogP contribution >= 0.6 is 28.3 Å². The van der Waals surface area contributed by atoms with E-state index in [4.69, 9.17) is 0 Å². The quantitative estimate of drug-likeness (QED) is 0.846. The molecule has 2 aromatic rings. The number of amides is 1. The molecule has 5 nitrogen and oxygen atoms in total. The fourth-order valence-electron chi connectivity index (χ4n) is 1.63. The number of aromatic nitrogens is 2. The number of nitrogens with one attached hydrogen (secondary N) is 2. The van der Waals surface area contributed by atoms with Crippen molar-refractivity contribution in [1.29, 1.82) is 0 Å². The van der Waals surface area contributed by atoms with Gasteiger partial charge in [0.05, 0.1) is 17.4 Å². The van der Waals surface area contributed by atoms with Gasteiger partial charge in [0.15, 0.2) is 0 Å². The van der Waals surface area contributed by atoms with Crippen molar-refractivity contribution < 1.29 is 4.79 Å². The molecule has 1 unspecified atom stereocenters. The largest absolute Gasteiger partial charge is 0.350 e. The molecule has 1 aromatic carbocycles. The number of rotatable bonds is 5. The second kappa shape index (κ2) is 8.17. The monoisotopic (exact) mass is 372 g/mol. The highest BCUT2D eigenvalue weighted by atomic mass is 79.9. The van der Waals surface area contributed by atoms with Crippen molar-refractivity contribution in [2.75, 3.05) is 13.6 Å². The Kier molecular flexibility index (Phi) is 6.87. The Labute approximate surface area is 138 Å². The molecule has 0 fully saturated rings. The van der Waals surface area contributed by atoms with Crippen LogP contribution in [0.4, 0.5) is 0 Å². The highest BCUT2D eigenvalue weighted by Crippen LogP contribution is 2.14. The van der Waals surface area contributed by atoms with E-state index >= 15 is 0 Å². The minimum absolute atomic E-state index is 0. The summed E-state index contributed by atoms with van der Waals surface area (Å²) in [5.41, 5.74) is 1.46. The topological polar surface area (TPSA) is 58.9 Å². The summed E-state index contributed by atoms with van der Waals surface area (Å²) in [5.74, 6) is -0.115. The number of nitrogens with zero attached hydrogens (tertiary/aromatic N) is 2. The number of hydrogen-bond acceptors (Lipinski definition) is 3. The summed E-state index contributed by atoms with van der Waals surface area (Å²) in [6.07, 6.45) is 3.30. The zero-order valence-electron chi connectivity index (χ0n) is 11.8. The molecular formula is C14H18BrClN4O. The zero-order valence-corrected chi connectivity index (χ0v) is 14.2. The Morgan fingerprint density at radius 3 is 2.67 bits per heavy atom. The predicted molar refractivity (Wildman–Crippen MR) is 89.4 cm³/mol. The molecule has 2 rings (SSSR count). The van der Waals surface area contributed by atoms with Crippen LogP contribution in [0.15, 0.2) is 41.1 Å². The molecule has 21 heavy (non-hydrogen) atoms. The van der Waals surface area contributed by atoms with Crippen LogP contribution in [0.5, 0.6) is 0 Å². The van der Waals surface area contributed by atoms with Crippen molar-refractivity contribution in [2.24, 2.45) is 0 Å². The van der Waals surface area contributed by atoms with Crippen LogP contribution in [-0.2, 0) is 0 Å². The van der Waals surface area contributed by atoms with Gasteiger partial charge in [-0.15, -0.1) is 12.4 Å². The molecule has 0 spiro atoms. The second-order valence-corrected chi connectivity index (χ2v) is 5.47. The Morgan fingerprint density at radius 1 is 1.38 bits per heavy atom. The van der Waals surface area contributed by atoms with Gasteiger partial charge in [0.25, 0.3) is 5.91 Å². The van der Waals surface area contributed by atoms with E-state index in [9.17, 15) is 4.79 Å². The lowest BCUT2D eigenvalue weighted by Gasteiger charge is -2.10. The van der Waals surface area contributed by atoms with Crippen molar-refractivity contribution >= 4 is 34.2 Å². The normalized spacial score (nSPS) is 11.6. The molecule has 2 N–H and O–H groups in total. The van der Waals surface area contributed by atoms with E-state index in [1.54, 1.807) is 17.1 Å². The van der Waals surface area contributed by atoms with E-state index in [-0.39, 0.29) is 24.4 Å². The molecule has 1 aromatic heterocycles. The molecule has 1 amide bonds. The Balaban J connectivity index is 0.00000220. The molecular weight excluding hydrogens is 356 g/mol. The van der Waals surface area contributed by atoms with Gasteiger partial charge in [-0.2, -0.15) is 5.10 Å². The lowest BCUT2D eigenvalue weighted by atomic mass is 10.3. The molecule has 7 heteroatoms. The summed E-state index contributed by atoms with van der Waals surface area (Å²) in [7, 11) is 1.86. The Hall–Kier alpha value is -1.37. The average Bonchev–Trinajstić information content (AvgIpc) is 2.95. The van der Waals surface area contributed by atoms with Gasteiger partial charge in [-0.1, -0.05) is 15.9 Å². The number of likely N-dealkylation sites (N-methyl/N-ethyl adjacent to an activating group) is 1. The lowest BCUT2D eigenvalue weighted by molar-refractivity contribution is 0.0950. The van der Waals surface area contributed by atoms with Crippen molar-refractivity contribution in [2.45, 2.75) is 13.0 Å². The molecule has 0 saturated heterocycles. The third-order valence-corrected chi connectivity index (χ3v) is 3.53. The van der Waals surface area contributed by atoms with Crippen LogP contribution in [0.3, 0.4) is 0 Å². The van der Waals surface area contributed by atoms with Gasteiger partial charge >= 0.3 is 0 Å². The highest BCUT2D eigenvalue weighted by molar-refractivity contribution is 9.10. The number of carbonyl (C=O) groups is 1. The predicted octanol–water partition coefficient (Wildman–Crippen LogP) is 2.39. The van der Waals surface area contributed by atoms with Crippen molar-refractivity contribution in [3.63, 3.8) is 0 Å². The third kappa shape index (κ3) is 4.84. The van der Waals surface area contributed by atoms with Gasteiger partial charge in [-0.3, -0.25) is 4.79 Å². The van der Waals surface area contributed by atoms with E-state index in [0.29, 0.717) is 12.1 Å². The van der Waals surface area contributed by atoms with E-state index < -0.39 is 0 Å². The smallest absolute Gasteiger partial charge is 0.254 e. The number of hydrogen-bond donors (Lipinski definition) is 2. The fraction of sp³-hybridized carbons (Fsp3) is 0.286. The fourth-order valence-corrected chi connectivity index (χ4v) is 1.89. The minimum atomic E-state index is -0.115. The summed E-state index contributed by atoms with van der Waals surface area (Å²) in [6, 6.07) is 7.97. The minimum Gasteiger partial charge on any atom is -0.350 e. The maximum absolute atomic E-state index is 12.0. The van der Waals surface area contributed by atoms with E-state index in [1.165, 1.54) is 0 Å². The van der Waals surface area contributed by atoms with Gasteiger partial charge in [-0.25, -0.2) is 4.68 Å². The third-order valence-electron chi connectivity index (χ3n) is 3.00. The molecule has 1 heterocycles. The molecule has 0 bridgehead atoms. The van der Waals surface area contributed by atoms with Crippen molar-refractivity contribution in [3.8, 4) is 5.69 Å². The number of carbonyl (C=O) groups excluding carboxylic acids is 1. The Morgan fingerprint density at radius 2 is 2.05 bits per heavy atom. The summed E-state index contributed by atoms with van der Waals surface area (Å²) < 4.78 is 2.69. The van der Waals surface area contributed by atoms with E-state index in [1.807, 2.05) is 38.2 Å². The van der Waals surface area contributed by atoms with Crippen LogP contribution in [0, 0.1) is 0 Å². The first-order chi connectivity index (χ1) is 9.60. The van der Waals surface area contributed by atoms with Gasteiger partial charge in [0, 0.05) is 23.3 Å². The summed E-state index contributed by atoms with van der Waals surface area (Å²) >= 11 is 3.39. The van der Waals surface area contributed by atoms with Crippen molar-refractivity contribution in [1.82, 2.24) is 20.4 Å². The SMILES string of the molecule is CNC(C)CNC(=O)c1cnn(-c2ccc(Br)cc2)c1.Cl. The Bertz CT molecular complexity index is 585.